The Hall–Kier alpha value is -2.29. The first-order chi connectivity index (χ1) is 9.08. The molecule has 0 atom stereocenters. The molecule has 3 nitrogen and oxygen atoms in total. The molecule has 1 aromatic carbocycles. The van der Waals surface area contributed by atoms with Gasteiger partial charge < -0.3 is 5.73 Å². The maximum absolute atomic E-state index is 6.26. The lowest BCUT2D eigenvalue weighted by molar-refractivity contribution is 1.17. The van der Waals surface area contributed by atoms with Crippen LogP contribution < -0.4 is 5.73 Å². The van der Waals surface area contributed by atoms with E-state index < -0.39 is 0 Å². The van der Waals surface area contributed by atoms with E-state index >= 15 is 0 Å². The van der Waals surface area contributed by atoms with Crippen molar-refractivity contribution in [3.63, 3.8) is 0 Å². The Morgan fingerprint density at radius 3 is 2.58 bits per heavy atom. The molecular weight excluding hydrogens is 234 g/mol. The van der Waals surface area contributed by atoms with Crippen molar-refractivity contribution in [2.45, 2.75) is 20.8 Å². The van der Waals surface area contributed by atoms with E-state index in [4.69, 9.17) is 10.7 Å². The highest BCUT2D eigenvalue weighted by atomic mass is 15.1. The predicted octanol–water partition coefficient (Wildman–Crippen LogP) is 3.51. The summed E-state index contributed by atoms with van der Waals surface area (Å²) in [5.41, 5.74) is 12.7. The van der Waals surface area contributed by atoms with Gasteiger partial charge in [-0.25, -0.2) is 4.98 Å². The molecule has 0 fully saturated rings. The molecule has 0 amide bonds. The zero-order chi connectivity index (χ0) is 13.6. The van der Waals surface area contributed by atoms with Gasteiger partial charge in [-0.2, -0.15) is 0 Å². The van der Waals surface area contributed by atoms with Crippen molar-refractivity contribution < 1.29 is 0 Å². The Labute approximate surface area is 112 Å². The Kier molecular flexibility index (Phi) is 2.56. The summed E-state index contributed by atoms with van der Waals surface area (Å²) in [6.07, 6.45) is 1.96. The number of pyridine rings is 1. The molecule has 0 unspecified atom stereocenters. The van der Waals surface area contributed by atoms with E-state index in [1.807, 2.05) is 16.7 Å². The summed E-state index contributed by atoms with van der Waals surface area (Å²) in [6, 6.07) is 10.4. The van der Waals surface area contributed by atoms with Crippen LogP contribution in [0.15, 0.2) is 36.5 Å². The van der Waals surface area contributed by atoms with Crippen LogP contribution in [0.4, 0.5) is 5.82 Å². The molecule has 3 rings (SSSR count). The van der Waals surface area contributed by atoms with Crippen LogP contribution >= 0.6 is 0 Å². The molecule has 3 aromatic rings. The Bertz CT molecular complexity index is 769. The average molecular weight is 251 g/mol. The molecule has 0 saturated heterocycles. The van der Waals surface area contributed by atoms with Gasteiger partial charge in [-0.1, -0.05) is 23.8 Å². The van der Waals surface area contributed by atoms with Gasteiger partial charge in [0.05, 0.1) is 0 Å². The summed E-state index contributed by atoms with van der Waals surface area (Å²) in [4.78, 5) is 4.72. The second-order valence-electron chi connectivity index (χ2n) is 5.05. The number of anilines is 1. The molecule has 0 aliphatic heterocycles. The molecule has 0 aliphatic rings. The van der Waals surface area contributed by atoms with Gasteiger partial charge in [0.2, 0.25) is 0 Å². The number of nitrogen functional groups attached to an aromatic ring is 1. The predicted molar refractivity (Wildman–Crippen MR) is 79.3 cm³/mol. The van der Waals surface area contributed by atoms with Gasteiger partial charge in [0.15, 0.2) is 0 Å². The van der Waals surface area contributed by atoms with E-state index in [2.05, 4.69) is 45.0 Å². The van der Waals surface area contributed by atoms with E-state index in [1.165, 1.54) is 11.1 Å². The number of aryl methyl sites for hydroxylation is 3. The average Bonchev–Trinajstić information content (AvgIpc) is 2.72. The van der Waals surface area contributed by atoms with Crippen LogP contribution in [-0.2, 0) is 0 Å². The summed E-state index contributed by atoms with van der Waals surface area (Å²) in [6.45, 7) is 6.22. The molecule has 3 heteroatoms. The summed E-state index contributed by atoms with van der Waals surface area (Å²) in [5.74, 6) is 0.701. The number of rotatable bonds is 1. The highest BCUT2D eigenvalue weighted by Crippen LogP contribution is 2.30. The lowest BCUT2D eigenvalue weighted by atomic mass is 10.0. The Morgan fingerprint density at radius 2 is 1.84 bits per heavy atom. The van der Waals surface area contributed by atoms with Crippen LogP contribution in [0, 0.1) is 20.8 Å². The molecule has 0 aliphatic carbocycles. The normalized spacial score (nSPS) is 11.1. The molecular formula is C16H17N3. The van der Waals surface area contributed by atoms with Crippen molar-refractivity contribution in [3.05, 3.63) is 53.2 Å². The third-order valence-corrected chi connectivity index (χ3v) is 3.53. The zero-order valence-corrected chi connectivity index (χ0v) is 11.4. The molecule has 0 bridgehead atoms. The number of aromatic nitrogens is 2. The molecule has 0 saturated carbocycles. The standard InChI is InChI=1S/C16H17N3/c1-10-6-7-11(2)13(9-10)14-15(17)19-8-4-5-12(3)16(19)18-14/h4-9H,17H2,1-3H3. The van der Waals surface area contributed by atoms with Gasteiger partial charge in [-0.3, -0.25) is 4.40 Å². The highest BCUT2D eigenvalue weighted by Gasteiger charge is 2.14. The fourth-order valence-electron chi connectivity index (χ4n) is 2.41. The molecule has 2 heterocycles. The molecule has 19 heavy (non-hydrogen) atoms. The topological polar surface area (TPSA) is 43.3 Å². The van der Waals surface area contributed by atoms with Crippen LogP contribution in [0.1, 0.15) is 16.7 Å². The molecule has 96 valence electrons. The van der Waals surface area contributed by atoms with E-state index in [-0.39, 0.29) is 0 Å². The number of hydrogen-bond donors (Lipinski definition) is 1. The van der Waals surface area contributed by atoms with E-state index in [0.29, 0.717) is 5.82 Å². The van der Waals surface area contributed by atoms with Gasteiger partial charge in [0.1, 0.15) is 17.2 Å². The van der Waals surface area contributed by atoms with Gasteiger partial charge >= 0.3 is 0 Å². The van der Waals surface area contributed by atoms with Crippen molar-refractivity contribution in [1.82, 2.24) is 9.38 Å². The van der Waals surface area contributed by atoms with Crippen molar-refractivity contribution >= 4 is 11.5 Å². The number of fused-ring (bicyclic) bond motifs is 1. The number of hydrogen-bond acceptors (Lipinski definition) is 2. The third-order valence-electron chi connectivity index (χ3n) is 3.53. The first-order valence-electron chi connectivity index (χ1n) is 6.38. The van der Waals surface area contributed by atoms with Gasteiger partial charge in [0, 0.05) is 11.8 Å². The second-order valence-corrected chi connectivity index (χ2v) is 5.05. The largest absolute Gasteiger partial charge is 0.383 e. The monoisotopic (exact) mass is 251 g/mol. The maximum atomic E-state index is 6.26. The van der Waals surface area contributed by atoms with Gasteiger partial charge in [-0.05, 0) is 44.0 Å². The maximum Gasteiger partial charge on any atom is 0.142 e. The molecule has 2 aromatic heterocycles. The van der Waals surface area contributed by atoms with Crippen LogP contribution in [0.25, 0.3) is 16.9 Å². The lowest BCUT2D eigenvalue weighted by Gasteiger charge is -2.05. The summed E-state index contributed by atoms with van der Waals surface area (Å²) in [7, 11) is 0. The molecule has 0 radical (unpaired) electrons. The fourth-order valence-corrected chi connectivity index (χ4v) is 2.41. The lowest BCUT2D eigenvalue weighted by Crippen LogP contribution is -1.95. The van der Waals surface area contributed by atoms with Crippen LogP contribution in [-0.4, -0.2) is 9.38 Å². The van der Waals surface area contributed by atoms with Crippen LogP contribution in [0.2, 0.25) is 0 Å². The van der Waals surface area contributed by atoms with Gasteiger partial charge in [-0.15, -0.1) is 0 Å². The SMILES string of the molecule is Cc1ccc(C)c(-c2nc3c(C)cccn3c2N)c1. The fraction of sp³-hybridized carbons (Fsp3) is 0.188. The Balaban J connectivity index is 2.34. The van der Waals surface area contributed by atoms with Crippen molar-refractivity contribution in [3.8, 4) is 11.3 Å². The van der Waals surface area contributed by atoms with Crippen molar-refractivity contribution in [2.24, 2.45) is 0 Å². The molecule has 0 spiro atoms. The van der Waals surface area contributed by atoms with E-state index in [9.17, 15) is 0 Å². The van der Waals surface area contributed by atoms with E-state index in [0.717, 1.165) is 22.5 Å². The third kappa shape index (κ3) is 1.78. The van der Waals surface area contributed by atoms with E-state index in [1.54, 1.807) is 0 Å². The number of nitrogens with zero attached hydrogens (tertiary/aromatic N) is 2. The zero-order valence-electron chi connectivity index (χ0n) is 11.4. The quantitative estimate of drug-likeness (QED) is 0.719. The van der Waals surface area contributed by atoms with Crippen LogP contribution in [0.5, 0.6) is 0 Å². The Morgan fingerprint density at radius 1 is 1.05 bits per heavy atom. The minimum absolute atomic E-state index is 0.701. The number of benzene rings is 1. The minimum Gasteiger partial charge on any atom is -0.383 e. The number of nitrogens with two attached hydrogens (primary N) is 1. The minimum atomic E-state index is 0.701. The second kappa shape index (κ2) is 4.12. The van der Waals surface area contributed by atoms with Crippen molar-refractivity contribution in [2.75, 3.05) is 5.73 Å². The first-order valence-corrected chi connectivity index (χ1v) is 6.38. The number of imidazole rings is 1. The van der Waals surface area contributed by atoms with Crippen molar-refractivity contribution in [1.29, 1.82) is 0 Å². The molecule has 2 N–H and O–H groups in total. The van der Waals surface area contributed by atoms with Gasteiger partial charge in [0.25, 0.3) is 0 Å². The first kappa shape index (κ1) is 11.8. The summed E-state index contributed by atoms with van der Waals surface area (Å²) >= 11 is 0. The summed E-state index contributed by atoms with van der Waals surface area (Å²) < 4.78 is 1.95. The van der Waals surface area contributed by atoms with Crippen LogP contribution in [0.3, 0.4) is 0 Å². The smallest absolute Gasteiger partial charge is 0.142 e. The summed E-state index contributed by atoms with van der Waals surface area (Å²) in [5, 5.41) is 0. The highest BCUT2D eigenvalue weighted by molar-refractivity contribution is 5.78.